The Morgan fingerprint density at radius 3 is 2.70 bits per heavy atom. The molecule has 1 aromatic carbocycles. The highest BCUT2D eigenvalue weighted by Crippen LogP contribution is 2.23. The Morgan fingerprint density at radius 2 is 2.00 bits per heavy atom. The van der Waals surface area contributed by atoms with Crippen LogP contribution in [0.15, 0.2) is 41.8 Å². The van der Waals surface area contributed by atoms with E-state index in [4.69, 9.17) is 15.2 Å². The highest BCUT2D eigenvalue weighted by Gasteiger charge is 2.19. The van der Waals surface area contributed by atoms with E-state index in [1.807, 2.05) is 19.1 Å². The molecule has 0 saturated heterocycles. The Bertz CT molecular complexity index is 859. The van der Waals surface area contributed by atoms with Gasteiger partial charge in [-0.05, 0) is 37.4 Å². The van der Waals surface area contributed by atoms with Crippen molar-refractivity contribution in [2.24, 2.45) is 5.73 Å². The van der Waals surface area contributed by atoms with E-state index in [0.29, 0.717) is 17.4 Å². The van der Waals surface area contributed by atoms with Gasteiger partial charge in [0.05, 0.1) is 12.2 Å². The number of esters is 1. The lowest BCUT2D eigenvalue weighted by atomic mass is 10.2. The number of nitrogens with two attached hydrogens (primary N) is 1. The average Bonchev–Trinajstić information content (AvgIpc) is 3.09. The summed E-state index contributed by atoms with van der Waals surface area (Å²) in [5, 5.41) is 4.48. The Kier molecular flexibility index (Phi) is 7.13. The second kappa shape index (κ2) is 9.54. The lowest BCUT2D eigenvalue weighted by molar-refractivity contribution is -0.148. The van der Waals surface area contributed by atoms with Gasteiger partial charge in [0.2, 0.25) is 0 Å². The molecule has 2 aromatic rings. The van der Waals surface area contributed by atoms with Gasteiger partial charge in [-0.2, -0.15) is 0 Å². The van der Waals surface area contributed by atoms with Crippen LogP contribution in [-0.2, 0) is 14.3 Å². The van der Waals surface area contributed by atoms with Gasteiger partial charge < -0.3 is 20.5 Å². The van der Waals surface area contributed by atoms with Crippen LogP contribution in [0.5, 0.6) is 5.75 Å². The van der Waals surface area contributed by atoms with Crippen molar-refractivity contribution in [3.05, 3.63) is 52.9 Å². The van der Waals surface area contributed by atoms with E-state index in [1.165, 1.54) is 19.1 Å². The summed E-state index contributed by atoms with van der Waals surface area (Å²) >= 11 is 1.16. The molecule has 27 heavy (non-hydrogen) atoms. The number of primary amides is 1. The van der Waals surface area contributed by atoms with Crippen molar-refractivity contribution in [3.63, 3.8) is 0 Å². The first-order valence-electron chi connectivity index (χ1n) is 8.21. The van der Waals surface area contributed by atoms with Gasteiger partial charge in [0, 0.05) is 11.6 Å². The minimum absolute atomic E-state index is 0.208. The predicted octanol–water partition coefficient (Wildman–Crippen LogP) is 2.83. The summed E-state index contributed by atoms with van der Waals surface area (Å²) in [6.07, 6.45) is 1.73. The number of rotatable bonds is 8. The van der Waals surface area contributed by atoms with Crippen LogP contribution in [0, 0.1) is 0 Å². The van der Waals surface area contributed by atoms with Crippen molar-refractivity contribution >= 4 is 40.2 Å². The molecule has 0 aliphatic rings. The number of carbonyl (C=O) groups excluding carboxylic acids is 3. The van der Waals surface area contributed by atoms with Gasteiger partial charge in [-0.1, -0.05) is 18.2 Å². The molecule has 0 saturated carbocycles. The van der Waals surface area contributed by atoms with E-state index in [9.17, 15) is 14.4 Å². The third-order valence-corrected chi connectivity index (χ3v) is 4.28. The molecular weight excluding hydrogens is 368 g/mol. The second-order valence-electron chi connectivity index (χ2n) is 5.40. The van der Waals surface area contributed by atoms with Crippen molar-refractivity contribution in [3.8, 4) is 5.75 Å². The highest BCUT2D eigenvalue weighted by atomic mass is 32.1. The number of ether oxygens (including phenoxy) is 2. The summed E-state index contributed by atoms with van der Waals surface area (Å²) in [4.78, 5) is 35.4. The van der Waals surface area contributed by atoms with Crippen molar-refractivity contribution in [2.75, 3.05) is 11.9 Å². The number of thiophene rings is 1. The van der Waals surface area contributed by atoms with Crippen LogP contribution in [0.1, 0.15) is 29.8 Å². The maximum Gasteiger partial charge on any atom is 0.331 e. The lowest BCUT2D eigenvalue weighted by Crippen LogP contribution is -2.29. The van der Waals surface area contributed by atoms with Crippen LogP contribution in [-0.4, -0.2) is 30.5 Å². The molecule has 0 bridgehead atoms. The van der Waals surface area contributed by atoms with E-state index in [0.717, 1.165) is 16.9 Å². The number of carbonyl (C=O) groups is 3. The van der Waals surface area contributed by atoms with Gasteiger partial charge in [-0.25, -0.2) is 4.79 Å². The highest BCUT2D eigenvalue weighted by molar-refractivity contribution is 7.14. The first-order chi connectivity index (χ1) is 12.9. The summed E-state index contributed by atoms with van der Waals surface area (Å²) in [6.45, 7) is 3.81. The van der Waals surface area contributed by atoms with E-state index in [2.05, 4.69) is 5.32 Å². The van der Waals surface area contributed by atoms with Gasteiger partial charge >= 0.3 is 5.97 Å². The zero-order chi connectivity index (χ0) is 19.8. The normalized spacial score (nSPS) is 11.8. The predicted molar refractivity (Wildman–Crippen MR) is 104 cm³/mol. The molecule has 0 fully saturated rings. The number of anilines is 1. The molecule has 7 nitrogen and oxygen atoms in total. The minimum atomic E-state index is -1.05. The molecule has 8 heteroatoms. The molecule has 1 aromatic heterocycles. The Labute approximate surface area is 160 Å². The van der Waals surface area contributed by atoms with Crippen LogP contribution < -0.4 is 15.8 Å². The fourth-order valence-electron chi connectivity index (χ4n) is 2.14. The maximum atomic E-state index is 12.2. The quantitative estimate of drug-likeness (QED) is 0.534. The summed E-state index contributed by atoms with van der Waals surface area (Å²) in [6, 6.07) is 8.76. The van der Waals surface area contributed by atoms with E-state index >= 15 is 0 Å². The number of nitrogens with one attached hydrogen (secondary N) is 1. The van der Waals surface area contributed by atoms with Crippen molar-refractivity contribution < 1.29 is 23.9 Å². The summed E-state index contributed by atoms with van der Waals surface area (Å²) in [7, 11) is 0. The molecule has 2 amide bonds. The van der Waals surface area contributed by atoms with Gasteiger partial charge in [0.1, 0.15) is 10.8 Å². The Balaban J connectivity index is 1.96. The average molecular weight is 388 g/mol. The largest absolute Gasteiger partial charge is 0.493 e. The summed E-state index contributed by atoms with van der Waals surface area (Å²) in [5.74, 6) is -1.24. The molecule has 0 spiro atoms. The number of amides is 2. The zero-order valence-electron chi connectivity index (χ0n) is 14.9. The van der Waals surface area contributed by atoms with Crippen LogP contribution >= 0.6 is 11.3 Å². The number of para-hydroxylation sites is 1. The zero-order valence-corrected chi connectivity index (χ0v) is 15.7. The smallest absolute Gasteiger partial charge is 0.331 e. The topological polar surface area (TPSA) is 108 Å². The van der Waals surface area contributed by atoms with Crippen LogP contribution in [0.3, 0.4) is 0 Å². The van der Waals surface area contributed by atoms with Crippen molar-refractivity contribution in [2.45, 2.75) is 20.0 Å². The standard InChI is InChI=1S/C19H20N2O5S/c1-3-25-15-7-5-4-6-13(15)8-9-16(22)26-12(2)18(24)21-19-14(17(20)23)10-11-27-19/h4-12H,3H2,1-2H3,(H2,20,23)(H,21,24)/b9-8+/t12-/m0/s1. The molecular formula is C19H20N2O5S. The summed E-state index contributed by atoms with van der Waals surface area (Å²) < 4.78 is 10.6. The Morgan fingerprint density at radius 1 is 1.26 bits per heavy atom. The fourth-order valence-corrected chi connectivity index (χ4v) is 2.94. The number of hydrogen-bond donors (Lipinski definition) is 2. The molecule has 0 unspecified atom stereocenters. The molecule has 1 heterocycles. The molecule has 0 radical (unpaired) electrons. The van der Waals surface area contributed by atoms with Gasteiger partial charge in [-0.15, -0.1) is 11.3 Å². The molecule has 0 aliphatic heterocycles. The van der Waals surface area contributed by atoms with E-state index < -0.39 is 23.9 Å². The fraction of sp³-hybridized carbons (Fsp3) is 0.211. The monoisotopic (exact) mass is 388 g/mol. The number of hydrogen-bond acceptors (Lipinski definition) is 6. The van der Waals surface area contributed by atoms with Crippen molar-refractivity contribution in [1.29, 1.82) is 0 Å². The van der Waals surface area contributed by atoms with E-state index in [-0.39, 0.29) is 5.56 Å². The minimum Gasteiger partial charge on any atom is -0.493 e. The van der Waals surface area contributed by atoms with Gasteiger partial charge in [0.15, 0.2) is 6.10 Å². The van der Waals surface area contributed by atoms with Crippen LogP contribution in [0.25, 0.3) is 6.08 Å². The molecule has 3 N–H and O–H groups in total. The third kappa shape index (κ3) is 5.68. The third-order valence-electron chi connectivity index (χ3n) is 3.45. The molecule has 0 aliphatic carbocycles. The SMILES string of the molecule is CCOc1ccccc1/C=C/C(=O)O[C@@H](C)C(=O)Nc1sccc1C(N)=O. The summed E-state index contributed by atoms with van der Waals surface area (Å²) in [5.41, 5.74) is 6.16. The van der Waals surface area contributed by atoms with Gasteiger partial charge in [0.25, 0.3) is 11.8 Å². The maximum absolute atomic E-state index is 12.2. The number of benzene rings is 1. The molecule has 142 valence electrons. The molecule has 2 rings (SSSR count). The first kappa shape index (κ1) is 20.2. The second-order valence-corrected chi connectivity index (χ2v) is 6.32. The van der Waals surface area contributed by atoms with Crippen LogP contribution in [0.4, 0.5) is 5.00 Å². The van der Waals surface area contributed by atoms with Crippen molar-refractivity contribution in [1.82, 2.24) is 0 Å². The lowest BCUT2D eigenvalue weighted by Gasteiger charge is -2.12. The van der Waals surface area contributed by atoms with Gasteiger partial charge in [-0.3, -0.25) is 9.59 Å². The first-order valence-corrected chi connectivity index (χ1v) is 9.09. The van der Waals surface area contributed by atoms with E-state index in [1.54, 1.807) is 23.6 Å². The molecule has 1 atom stereocenters. The van der Waals surface area contributed by atoms with Crippen LogP contribution in [0.2, 0.25) is 0 Å². The Hall–Kier alpha value is -3.13.